The van der Waals surface area contributed by atoms with E-state index < -0.39 is 0 Å². The molecule has 92 valence electrons. The smallest absolute Gasteiger partial charge is 0.160 e. The summed E-state index contributed by atoms with van der Waals surface area (Å²) in [4.78, 5) is 0. The summed E-state index contributed by atoms with van der Waals surface area (Å²) < 4.78 is 7.38. The average molecular weight is 225 g/mol. The van der Waals surface area contributed by atoms with Crippen LogP contribution in [0, 0.1) is 0 Å². The largest absolute Gasteiger partial charge is 0.493 e. The number of hydrogen-bond acceptors (Lipinski definition) is 3. The highest BCUT2D eigenvalue weighted by Crippen LogP contribution is 2.29. The second-order valence-corrected chi connectivity index (χ2v) is 4.24. The molecule has 0 fully saturated rings. The molecule has 1 aromatic heterocycles. The molecule has 1 heterocycles. The van der Waals surface area contributed by atoms with Crippen molar-refractivity contribution in [1.82, 2.24) is 15.1 Å². The SMILES string of the molecule is CCn1ncc(OC)c1C(C)CC(C)NC. The molecule has 0 saturated heterocycles. The van der Waals surface area contributed by atoms with Gasteiger partial charge < -0.3 is 10.1 Å². The number of aryl methyl sites for hydroxylation is 1. The van der Waals surface area contributed by atoms with Gasteiger partial charge in [0.1, 0.15) is 0 Å². The summed E-state index contributed by atoms with van der Waals surface area (Å²) in [6.45, 7) is 7.40. The van der Waals surface area contributed by atoms with E-state index in [1.165, 1.54) is 5.69 Å². The number of methoxy groups -OCH3 is 1. The number of nitrogens with zero attached hydrogens (tertiary/aromatic N) is 2. The van der Waals surface area contributed by atoms with E-state index in [0.29, 0.717) is 12.0 Å². The van der Waals surface area contributed by atoms with Crippen LogP contribution in [0.25, 0.3) is 0 Å². The van der Waals surface area contributed by atoms with Gasteiger partial charge in [-0.15, -0.1) is 0 Å². The van der Waals surface area contributed by atoms with Crippen LogP contribution < -0.4 is 10.1 Å². The summed E-state index contributed by atoms with van der Waals surface area (Å²) >= 11 is 0. The molecule has 1 rings (SSSR count). The summed E-state index contributed by atoms with van der Waals surface area (Å²) in [5.41, 5.74) is 1.20. The average Bonchev–Trinajstić information content (AvgIpc) is 2.71. The lowest BCUT2D eigenvalue weighted by Gasteiger charge is -2.18. The maximum absolute atomic E-state index is 5.36. The standard InChI is InChI=1S/C12H23N3O/c1-6-15-12(11(16-5)8-14-15)9(2)7-10(3)13-4/h8-10,13H,6-7H2,1-5H3. The Labute approximate surface area is 98.0 Å². The summed E-state index contributed by atoms with van der Waals surface area (Å²) in [7, 11) is 3.69. The van der Waals surface area contributed by atoms with Gasteiger partial charge in [0, 0.05) is 18.5 Å². The highest BCUT2D eigenvalue weighted by Gasteiger charge is 2.19. The Kier molecular flexibility index (Phi) is 4.80. The fourth-order valence-corrected chi connectivity index (χ4v) is 2.04. The molecule has 0 bridgehead atoms. The molecule has 4 heteroatoms. The number of nitrogens with one attached hydrogen (secondary N) is 1. The lowest BCUT2D eigenvalue weighted by atomic mass is 9.98. The van der Waals surface area contributed by atoms with Crippen molar-refractivity contribution in [3.8, 4) is 5.75 Å². The van der Waals surface area contributed by atoms with E-state index in [0.717, 1.165) is 18.7 Å². The Balaban J connectivity index is 2.87. The van der Waals surface area contributed by atoms with Crippen LogP contribution in [0.3, 0.4) is 0 Å². The van der Waals surface area contributed by atoms with Crippen LogP contribution >= 0.6 is 0 Å². The molecule has 2 atom stereocenters. The van der Waals surface area contributed by atoms with Gasteiger partial charge in [0.05, 0.1) is 19.0 Å². The first kappa shape index (κ1) is 13.0. The van der Waals surface area contributed by atoms with Crippen molar-refractivity contribution in [3.05, 3.63) is 11.9 Å². The zero-order valence-corrected chi connectivity index (χ0v) is 10.9. The third kappa shape index (κ3) is 2.76. The molecule has 0 spiro atoms. The quantitative estimate of drug-likeness (QED) is 0.805. The Morgan fingerprint density at radius 2 is 2.19 bits per heavy atom. The fraction of sp³-hybridized carbons (Fsp3) is 0.750. The highest BCUT2D eigenvalue weighted by atomic mass is 16.5. The van der Waals surface area contributed by atoms with E-state index in [1.807, 2.05) is 11.7 Å². The zero-order valence-electron chi connectivity index (χ0n) is 10.9. The number of aromatic nitrogens is 2. The van der Waals surface area contributed by atoms with Crippen LogP contribution in [0.4, 0.5) is 0 Å². The van der Waals surface area contributed by atoms with Crippen LogP contribution in [0.1, 0.15) is 38.8 Å². The van der Waals surface area contributed by atoms with Crippen LogP contribution in [-0.4, -0.2) is 30.0 Å². The van der Waals surface area contributed by atoms with E-state index in [9.17, 15) is 0 Å². The maximum atomic E-state index is 5.36. The van der Waals surface area contributed by atoms with Gasteiger partial charge >= 0.3 is 0 Å². The van der Waals surface area contributed by atoms with Crippen LogP contribution in [0.5, 0.6) is 5.75 Å². The first-order chi connectivity index (χ1) is 7.63. The van der Waals surface area contributed by atoms with E-state index in [2.05, 4.69) is 31.2 Å². The van der Waals surface area contributed by atoms with Gasteiger partial charge in [0.2, 0.25) is 0 Å². The summed E-state index contributed by atoms with van der Waals surface area (Å²) in [6, 6.07) is 0.500. The molecule has 2 unspecified atom stereocenters. The predicted octanol–water partition coefficient (Wildman–Crippen LogP) is 2.01. The third-order valence-electron chi connectivity index (χ3n) is 3.03. The highest BCUT2D eigenvalue weighted by molar-refractivity contribution is 5.28. The Bertz CT molecular complexity index is 301. The van der Waals surface area contributed by atoms with Gasteiger partial charge in [-0.3, -0.25) is 4.68 Å². The van der Waals surface area contributed by atoms with E-state index >= 15 is 0 Å². The number of hydrogen-bond donors (Lipinski definition) is 1. The second-order valence-electron chi connectivity index (χ2n) is 4.24. The van der Waals surface area contributed by atoms with Gasteiger partial charge in [0.25, 0.3) is 0 Å². The van der Waals surface area contributed by atoms with Crippen LogP contribution in [0.15, 0.2) is 6.20 Å². The summed E-state index contributed by atoms with van der Waals surface area (Å²) in [5.74, 6) is 1.34. The lowest BCUT2D eigenvalue weighted by Crippen LogP contribution is -2.24. The molecule has 4 nitrogen and oxygen atoms in total. The van der Waals surface area contributed by atoms with Crippen molar-refractivity contribution < 1.29 is 4.74 Å². The number of ether oxygens (including phenoxy) is 1. The normalized spacial score (nSPS) is 14.8. The first-order valence-electron chi connectivity index (χ1n) is 5.90. The molecule has 0 aromatic carbocycles. The molecule has 0 saturated carbocycles. The van der Waals surface area contributed by atoms with Gasteiger partial charge in [-0.05, 0) is 27.3 Å². The predicted molar refractivity (Wildman–Crippen MR) is 66.0 cm³/mol. The monoisotopic (exact) mass is 225 g/mol. The molecule has 1 aromatic rings. The van der Waals surface area contributed by atoms with E-state index in [-0.39, 0.29) is 0 Å². The Morgan fingerprint density at radius 3 is 2.69 bits per heavy atom. The van der Waals surface area contributed by atoms with Crippen molar-refractivity contribution in [2.24, 2.45) is 0 Å². The van der Waals surface area contributed by atoms with Crippen LogP contribution in [-0.2, 0) is 6.54 Å². The summed E-state index contributed by atoms with van der Waals surface area (Å²) in [6.07, 6.45) is 2.89. The van der Waals surface area contributed by atoms with Crippen molar-refractivity contribution in [2.45, 2.75) is 45.7 Å². The minimum atomic E-state index is 0.444. The molecule has 1 N–H and O–H groups in total. The lowest BCUT2D eigenvalue weighted by molar-refractivity contribution is 0.396. The minimum Gasteiger partial charge on any atom is -0.493 e. The molecule has 0 radical (unpaired) electrons. The van der Waals surface area contributed by atoms with Crippen LogP contribution in [0.2, 0.25) is 0 Å². The molecule has 0 aliphatic heterocycles. The Morgan fingerprint density at radius 1 is 1.50 bits per heavy atom. The van der Waals surface area contributed by atoms with E-state index in [4.69, 9.17) is 4.74 Å². The van der Waals surface area contributed by atoms with Crippen molar-refractivity contribution >= 4 is 0 Å². The molecule has 0 aliphatic rings. The molecule has 0 amide bonds. The fourth-order valence-electron chi connectivity index (χ4n) is 2.04. The first-order valence-corrected chi connectivity index (χ1v) is 5.90. The van der Waals surface area contributed by atoms with Crippen molar-refractivity contribution in [3.63, 3.8) is 0 Å². The summed E-state index contributed by atoms with van der Waals surface area (Å²) in [5, 5.41) is 7.59. The Hall–Kier alpha value is -1.03. The molecule has 16 heavy (non-hydrogen) atoms. The van der Waals surface area contributed by atoms with E-state index in [1.54, 1.807) is 13.3 Å². The third-order valence-corrected chi connectivity index (χ3v) is 3.03. The molecular weight excluding hydrogens is 202 g/mol. The van der Waals surface area contributed by atoms with Crippen molar-refractivity contribution in [2.75, 3.05) is 14.2 Å². The molecule has 0 aliphatic carbocycles. The van der Waals surface area contributed by atoms with Gasteiger partial charge in [-0.1, -0.05) is 6.92 Å². The number of rotatable bonds is 6. The second kappa shape index (κ2) is 5.89. The van der Waals surface area contributed by atoms with Gasteiger partial charge in [-0.25, -0.2) is 0 Å². The van der Waals surface area contributed by atoms with Gasteiger partial charge in [-0.2, -0.15) is 5.10 Å². The topological polar surface area (TPSA) is 39.1 Å². The minimum absolute atomic E-state index is 0.444. The molecular formula is C12H23N3O. The maximum Gasteiger partial charge on any atom is 0.160 e. The van der Waals surface area contributed by atoms with Crippen molar-refractivity contribution in [1.29, 1.82) is 0 Å². The zero-order chi connectivity index (χ0) is 12.1. The van der Waals surface area contributed by atoms with Gasteiger partial charge in [0.15, 0.2) is 5.75 Å².